The molecule has 24 heavy (non-hydrogen) atoms. The van der Waals surface area contributed by atoms with Crippen LogP contribution in [0.3, 0.4) is 0 Å². The van der Waals surface area contributed by atoms with E-state index < -0.39 is 17.8 Å². The Balaban J connectivity index is 2.09. The predicted molar refractivity (Wildman–Crippen MR) is 85.9 cm³/mol. The zero-order valence-electron chi connectivity index (χ0n) is 13.4. The number of hydrogen-bond acceptors (Lipinski definition) is 2. The minimum absolute atomic E-state index is 0.0490. The summed E-state index contributed by atoms with van der Waals surface area (Å²) in [4.78, 5) is 12.3. The van der Waals surface area contributed by atoms with Crippen molar-refractivity contribution in [3.63, 3.8) is 0 Å². The number of carbonyl (C=O) groups excluding carboxylic acids is 1. The van der Waals surface area contributed by atoms with Gasteiger partial charge in [0, 0.05) is 16.4 Å². The fourth-order valence-corrected chi connectivity index (χ4v) is 2.33. The smallest absolute Gasteiger partial charge is 0.326 e. The molecule has 130 valence electrons. The fraction of sp³-hybridized carbons (Fsp3) is 0.375. The number of amides is 1. The second kappa shape index (κ2) is 6.84. The van der Waals surface area contributed by atoms with Gasteiger partial charge in [0.2, 0.25) is 5.91 Å². The minimum Gasteiger partial charge on any atom is -0.326 e. The molecule has 1 N–H and O–H groups in total. The van der Waals surface area contributed by atoms with E-state index in [-0.39, 0.29) is 12.5 Å². The van der Waals surface area contributed by atoms with Crippen molar-refractivity contribution in [2.24, 2.45) is 5.92 Å². The summed E-state index contributed by atoms with van der Waals surface area (Å²) in [6.07, 6.45) is -4.50. The molecule has 1 aromatic carbocycles. The van der Waals surface area contributed by atoms with E-state index in [1.54, 1.807) is 25.1 Å². The van der Waals surface area contributed by atoms with E-state index in [9.17, 15) is 18.0 Å². The molecule has 1 atom stereocenters. The highest BCUT2D eigenvalue weighted by molar-refractivity contribution is 6.31. The lowest BCUT2D eigenvalue weighted by Gasteiger charge is -2.15. The highest BCUT2D eigenvalue weighted by Gasteiger charge is 2.34. The standard InChI is InChI=1S/C16H17ClF3N3O/c1-9-4-5-12(17)7-13(9)21-15(24)10(2)8-23-11(3)6-14(22-23)16(18,19)20/h4-7,10H,8H2,1-3H3,(H,21,24)/t10-/m0/s1. The first-order chi connectivity index (χ1) is 11.1. The number of anilines is 1. The van der Waals surface area contributed by atoms with Gasteiger partial charge in [-0.2, -0.15) is 18.3 Å². The lowest BCUT2D eigenvalue weighted by molar-refractivity contribution is -0.141. The molecular formula is C16H17ClF3N3O. The van der Waals surface area contributed by atoms with Crippen LogP contribution in [0.5, 0.6) is 0 Å². The Bertz CT molecular complexity index is 756. The van der Waals surface area contributed by atoms with Crippen LogP contribution in [-0.2, 0) is 17.5 Å². The monoisotopic (exact) mass is 359 g/mol. The number of hydrogen-bond donors (Lipinski definition) is 1. The summed E-state index contributed by atoms with van der Waals surface area (Å²) >= 11 is 5.90. The van der Waals surface area contributed by atoms with Gasteiger partial charge in [-0.3, -0.25) is 9.48 Å². The van der Waals surface area contributed by atoms with Crippen LogP contribution < -0.4 is 5.32 Å². The average Bonchev–Trinajstić information content (AvgIpc) is 2.84. The molecule has 1 heterocycles. The van der Waals surface area contributed by atoms with Crippen molar-refractivity contribution in [2.75, 3.05) is 5.32 Å². The van der Waals surface area contributed by atoms with Gasteiger partial charge < -0.3 is 5.32 Å². The Hall–Kier alpha value is -2.02. The molecule has 0 saturated heterocycles. The van der Waals surface area contributed by atoms with Crippen molar-refractivity contribution in [1.29, 1.82) is 0 Å². The van der Waals surface area contributed by atoms with Gasteiger partial charge in [-0.05, 0) is 37.6 Å². The number of nitrogens with one attached hydrogen (secondary N) is 1. The predicted octanol–water partition coefficient (Wildman–Crippen LogP) is 4.45. The van der Waals surface area contributed by atoms with Crippen molar-refractivity contribution >= 4 is 23.2 Å². The van der Waals surface area contributed by atoms with Crippen molar-refractivity contribution in [1.82, 2.24) is 9.78 Å². The minimum atomic E-state index is -4.50. The van der Waals surface area contributed by atoms with Crippen molar-refractivity contribution < 1.29 is 18.0 Å². The van der Waals surface area contributed by atoms with Crippen LogP contribution >= 0.6 is 11.6 Å². The molecule has 8 heteroatoms. The molecule has 0 aliphatic rings. The highest BCUT2D eigenvalue weighted by atomic mass is 35.5. The van der Waals surface area contributed by atoms with E-state index >= 15 is 0 Å². The van der Waals surface area contributed by atoms with Crippen LogP contribution in [-0.4, -0.2) is 15.7 Å². The lowest BCUT2D eigenvalue weighted by atomic mass is 10.1. The van der Waals surface area contributed by atoms with Crippen molar-refractivity contribution in [3.05, 3.63) is 46.2 Å². The van der Waals surface area contributed by atoms with E-state index in [0.717, 1.165) is 11.6 Å². The number of nitrogens with zero attached hydrogens (tertiary/aromatic N) is 2. The van der Waals surface area contributed by atoms with E-state index in [2.05, 4.69) is 10.4 Å². The molecule has 0 unspecified atom stereocenters. The molecule has 0 aliphatic heterocycles. The second-order valence-electron chi connectivity index (χ2n) is 5.70. The Morgan fingerprint density at radius 3 is 2.58 bits per heavy atom. The summed E-state index contributed by atoms with van der Waals surface area (Å²) in [5.74, 6) is -0.883. The van der Waals surface area contributed by atoms with Crippen LogP contribution in [0.25, 0.3) is 0 Å². The largest absolute Gasteiger partial charge is 0.435 e. The lowest BCUT2D eigenvalue weighted by Crippen LogP contribution is -2.25. The van der Waals surface area contributed by atoms with Crippen LogP contribution in [0.15, 0.2) is 24.3 Å². The number of aromatic nitrogens is 2. The number of carbonyl (C=O) groups is 1. The van der Waals surface area contributed by atoms with Crippen LogP contribution in [0.2, 0.25) is 5.02 Å². The Kier molecular flexibility index (Phi) is 5.22. The topological polar surface area (TPSA) is 46.9 Å². The molecule has 1 amide bonds. The maximum Gasteiger partial charge on any atom is 0.435 e. The van der Waals surface area contributed by atoms with E-state index in [4.69, 9.17) is 11.6 Å². The Morgan fingerprint density at radius 2 is 2.00 bits per heavy atom. The molecule has 0 aliphatic carbocycles. The molecule has 4 nitrogen and oxygen atoms in total. The van der Waals surface area contributed by atoms with Gasteiger partial charge in [-0.25, -0.2) is 0 Å². The highest BCUT2D eigenvalue weighted by Crippen LogP contribution is 2.28. The van der Waals surface area contributed by atoms with E-state index in [1.807, 2.05) is 6.92 Å². The van der Waals surface area contributed by atoms with E-state index in [1.165, 1.54) is 11.6 Å². The van der Waals surface area contributed by atoms with Gasteiger partial charge in [0.25, 0.3) is 0 Å². The maximum absolute atomic E-state index is 12.7. The van der Waals surface area contributed by atoms with Crippen LogP contribution in [0.1, 0.15) is 23.9 Å². The third-order valence-electron chi connectivity index (χ3n) is 3.62. The number of halogens is 4. The molecule has 0 bridgehead atoms. The van der Waals surface area contributed by atoms with Crippen LogP contribution in [0, 0.1) is 19.8 Å². The first-order valence-electron chi connectivity index (χ1n) is 7.26. The quantitative estimate of drug-likeness (QED) is 0.876. The number of rotatable bonds is 4. The van der Waals surface area contributed by atoms with Gasteiger partial charge in [-0.1, -0.05) is 24.6 Å². The summed E-state index contributed by atoms with van der Waals surface area (Å²) in [5.41, 5.74) is 0.807. The normalized spacial score (nSPS) is 13.0. The zero-order valence-corrected chi connectivity index (χ0v) is 14.2. The summed E-state index contributed by atoms with van der Waals surface area (Å²) in [6, 6.07) is 6.08. The Morgan fingerprint density at radius 1 is 1.33 bits per heavy atom. The van der Waals surface area contributed by atoms with Gasteiger partial charge in [-0.15, -0.1) is 0 Å². The van der Waals surface area contributed by atoms with Gasteiger partial charge in [0.15, 0.2) is 5.69 Å². The third-order valence-corrected chi connectivity index (χ3v) is 3.86. The van der Waals surface area contributed by atoms with Crippen molar-refractivity contribution in [2.45, 2.75) is 33.5 Å². The first-order valence-corrected chi connectivity index (χ1v) is 7.64. The third kappa shape index (κ3) is 4.29. The number of aryl methyl sites for hydroxylation is 2. The summed E-state index contributed by atoms with van der Waals surface area (Å²) < 4.78 is 39.2. The summed E-state index contributed by atoms with van der Waals surface area (Å²) in [7, 11) is 0. The molecule has 0 fully saturated rings. The number of benzene rings is 1. The van der Waals surface area contributed by atoms with E-state index in [0.29, 0.717) is 16.4 Å². The average molecular weight is 360 g/mol. The molecular weight excluding hydrogens is 343 g/mol. The maximum atomic E-state index is 12.7. The zero-order chi connectivity index (χ0) is 18.1. The van der Waals surface area contributed by atoms with Gasteiger partial charge >= 0.3 is 6.18 Å². The van der Waals surface area contributed by atoms with Gasteiger partial charge in [0.05, 0.1) is 12.5 Å². The molecule has 1 aromatic heterocycles. The van der Waals surface area contributed by atoms with Crippen LogP contribution in [0.4, 0.5) is 18.9 Å². The molecule has 0 saturated carbocycles. The second-order valence-corrected chi connectivity index (χ2v) is 6.14. The van der Waals surface area contributed by atoms with Crippen molar-refractivity contribution in [3.8, 4) is 0 Å². The summed E-state index contributed by atoms with van der Waals surface area (Å²) in [5, 5.41) is 6.76. The molecule has 0 radical (unpaired) electrons. The SMILES string of the molecule is Cc1ccc(Cl)cc1NC(=O)[C@@H](C)Cn1nc(C(F)(F)F)cc1C. The number of alkyl halides is 3. The summed E-state index contributed by atoms with van der Waals surface area (Å²) in [6.45, 7) is 5.02. The van der Waals surface area contributed by atoms with Gasteiger partial charge in [0.1, 0.15) is 0 Å². The fourth-order valence-electron chi connectivity index (χ4n) is 2.16. The molecule has 2 rings (SSSR count). The molecule has 0 spiro atoms. The first kappa shape index (κ1) is 18.3. The molecule has 2 aromatic rings. The Labute approximate surface area is 142 Å².